The summed E-state index contributed by atoms with van der Waals surface area (Å²) in [6.45, 7) is 4.71. The van der Waals surface area contributed by atoms with Gasteiger partial charge in [-0.2, -0.15) is 0 Å². The molecule has 0 aromatic carbocycles. The van der Waals surface area contributed by atoms with Gasteiger partial charge in [-0.05, 0) is 25.8 Å². The third-order valence-electron chi connectivity index (χ3n) is 1.96. The Balaban J connectivity index is 1.90. The molecule has 2 heteroatoms. The summed E-state index contributed by atoms with van der Waals surface area (Å²) in [5.41, 5.74) is 5.61. The molecule has 0 aromatic rings. The molecule has 2 nitrogen and oxygen atoms in total. The molecule has 0 aromatic heterocycles. The number of nitrogens with one attached hydrogen (secondary N) is 1. The fourth-order valence-corrected chi connectivity index (χ4v) is 1.22. The second kappa shape index (κ2) is 3.74. The van der Waals surface area contributed by atoms with Crippen molar-refractivity contribution in [3.8, 4) is 0 Å². The minimum absolute atomic E-state index is 0.459. The van der Waals surface area contributed by atoms with Gasteiger partial charge < -0.3 is 11.1 Å². The Labute approximate surface area is 62.5 Å². The van der Waals surface area contributed by atoms with E-state index in [1.807, 2.05) is 6.08 Å². The molecule has 0 unspecified atom stereocenters. The van der Waals surface area contributed by atoms with Crippen LogP contribution in [0.4, 0.5) is 0 Å². The van der Waals surface area contributed by atoms with E-state index in [1.54, 1.807) is 0 Å². The van der Waals surface area contributed by atoms with Crippen molar-refractivity contribution in [2.75, 3.05) is 6.54 Å². The van der Waals surface area contributed by atoms with Gasteiger partial charge in [0.05, 0.1) is 0 Å². The second-order valence-electron chi connectivity index (χ2n) is 2.96. The van der Waals surface area contributed by atoms with Crippen LogP contribution in [0.2, 0.25) is 0 Å². The summed E-state index contributed by atoms with van der Waals surface area (Å²) in [7, 11) is 0. The van der Waals surface area contributed by atoms with E-state index in [1.165, 1.54) is 0 Å². The van der Waals surface area contributed by atoms with Gasteiger partial charge in [0, 0.05) is 12.1 Å². The molecule has 0 saturated heterocycles. The number of hydrogen-bond acceptors (Lipinski definition) is 2. The van der Waals surface area contributed by atoms with E-state index >= 15 is 0 Å². The van der Waals surface area contributed by atoms with Crippen LogP contribution in [0, 0.1) is 0 Å². The van der Waals surface area contributed by atoms with E-state index in [9.17, 15) is 0 Å². The van der Waals surface area contributed by atoms with Crippen LogP contribution in [0.3, 0.4) is 0 Å². The first-order chi connectivity index (χ1) is 4.83. The highest BCUT2D eigenvalue weighted by Gasteiger charge is 2.24. The van der Waals surface area contributed by atoms with Gasteiger partial charge in [0.2, 0.25) is 0 Å². The van der Waals surface area contributed by atoms with Crippen LogP contribution in [-0.2, 0) is 0 Å². The van der Waals surface area contributed by atoms with Crippen LogP contribution in [0.1, 0.15) is 19.3 Å². The van der Waals surface area contributed by atoms with E-state index in [0.717, 1.165) is 25.8 Å². The SMILES string of the molecule is C=CCCNC1CC(N)C1. The monoisotopic (exact) mass is 140 g/mol. The molecule has 0 atom stereocenters. The average molecular weight is 140 g/mol. The molecule has 1 saturated carbocycles. The van der Waals surface area contributed by atoms with Gasteiger partial charge in [-0.3, -0.25) is 0 Å². The summed E-state index contributed by atoms with van der Waals surface area (Å²) in [5.74, 6) is 0. The first kappa shape index (κ1) is 7.76. The standard InChI is InChI=1S/C8H16N2/c1-2-3-4-10-8-5-7(9)6-8/h2,7-8,10H,1,3-6,9H2. The van der Waals surface area contributed by atoms with Crippen molar-refractivity contribution in [1.82, 2.24) is 5.32 Å². The van der Waals surface area contributed by atoms with Crippen molar-refractivity contribution in [1.29, 1.82) is 0 Å². The molecule has 0 radical (unpaired) electrons. The quantitative estimate of drug-likeness (QED) is 0.444. The van der Waals surface area contributed by atoms with Crippen molar-refractivity contribution < 1.29 is 0 Å². The molecule has 0 aliphatic heterocycles. The van der Waals surface area contributed by atoms with Crippen molar-refractivity contribution in [3.05, 3.63) is 12.7 Å². The zero-order chi connectivity index (χ0) is 7.40. The summed E-state index contributed by atoms with van der Waals surface area (Å²) in [6.07, 6.45) is 5.30. The van der Waals surface area contributed by atoms with Crippen LogP contribution in [0.25, 0.3) is 0 Å². The number of hydrogen-bond donors (Lipinski definition) is 2. The molecular weight excluding hydrogens is 124 g/mol. The van der Waals surface area contributed by atoms with Crippen LogP contribution in [-0.4, -0.2) is 18.6 Å². The lowest BCUT2D eigenvalue weighted by atomic mass is 9.88. The maximum Gasteiger partial charge on any atom is 0.00966 e. The lowest BCUT2D eigenvalue weighted by Gasteiger charge is -2.33. The maximum absolute atomic E-state index is 5.61. The van der Waals surface area contributed by atoms with Crippen LogP contribution in [0.5, 0.6) is 0 Å². The molecule has 1 rings (SSSR count). The Morgan fingerprint density at radius 1 is 1.60 bits per heavy atom. The predicted octanol–water partition coefficient (Wildman–Crippen LogP) is 0.642. The van der Waals surface area contributed by atoms with E-state index < -0.39 is 0 Å². The molecule has 0 amide bonds. The molecule has 3 N–H and O–H groups in total. The van der Waals surface area contributed by atoms with Crippen molar-refractivity contribution >= 4 is 0 Å². The first-order valence-corrected chi connectivity index (χ1v) is 3.93. The van der Waals surface area contributed by atoms with Crippen LogP contribution in [0.15, 0.2) is 12.7 Å². The van der Waals surface area contributed by atoms with E-state index in [0.29, 0.717) is 12.1 Å². The lowest BCUT2D eigenvalue weighted by molar-refractivity contribution is 0.294. The van der Waals surface area contributed by atoms with Crippen LogP contribution >= 0.6 is 0 Å². The molecule has 1 aliphatic carbocycles. The normalized spacial score (nSPS) is 31.3. The van der Waals surface area contributed by atoms with Crippen molar-refractivity contribution in [2.24, 2.45) is 5.73 Å². The zero-order valence-electron chi connectivity index (χ0n) is 6.34. The Morgan fingerprint density at radius 3 is 2.80 bits per heavy atom. The third-order valence-corrected chi connectivity index (χ3v) is 1.96. The molecule has 1 aliphatic rings. The predicted molar refractivity (Wildman–Crippen MR) is 43.8 cm³/mol. The highest BCUT2D eigenvalue weighted by atomic mass is 14.9. The van der Waals surface area contributed by atoms with Gasteiger partial charge in [0.1, 0.15) is 0 Å². The van der Waals surface area contributed by atoms with E-state index in [4.69, 9.17) is 5.73 Å². The van der Waals surface area contributed by atoms with Crippen LogP contribution < -0.4 is 11.1 Å². The van der Waals surface area contributed by atoms with E-state index in [2.05, 4.69) is 11.9 Å². The molecule has 0 heterocycles. The minimum Gasteiger partial charge on any atom is -0.328 e. The summed E-state index contributed by atoms with van der Waals surface area (Å²) in [5, 5.41) is 3.40. The first-order valence-electron chi connectivity index (χ1n) is 3.93. The smallest absolute Gasteiger partial charge is 0.00966 e. The fraction of sp³-hybridized carbons (Fsp3) is 0.750. The Morgan fingerprint density at radius 2 is 2.30 bits per heavy atom. The molecule has 1 fully saturated rings. The highest BCUT2D eigenvalue weighted by Crippen LogP contribution is 2.16. The van der Waals surface area contributed by atoms with Gasteiger partial charge >= 0.3 is 0 Å². The fourth-order valence-electron chi connectivity index (χ4n) is 1.22. The highest BCUT2D eigenvalue weighted by molar-refractivity contribution is 4.87. The molecular formula is C8H16N2. The summed E-state index contributed by atoms with van der Waals surface area (Å²) < 4.78 is 0. The largest absolute Gasteiger partial charge is 0.328 e. The Hall–Kier alpha value is -0.340. The molecule has 0 spiro atoms. The minimum atomic E-state index is 0.459. The third kappa shape index (κ3) is 2.12. The van der Waals surface area contributed by atoms with Gasteiger partial charge in [0.25, 0.3) is 0 Å². The number of nitrogens with two attached hydrogens (primary N) is 1. The average Bonchev–Trinajstić information content (AvgIpc) is 1.85. The van der Waals surface area contributed by atoms with E-state index in [-0.39, 0.29) is 0 Å². The zero-order valence-corrected chi connectivity index (χ0v) is 6.34. The molecule has 0 bridgehead atoms. The molecule has 58 valence electrons. The number of rotatable bonds is 4. The van der Waals surface area contributed by atoms with Crippen molar-refractivity contribution in [2.45, 2.75) is 31.3 Å². The maximum atomic E-state index is 5.61. The van der Waals surface area contributed by atoms with Crippen molar-refractivity contribution in [3.63, 3.8) is 0 Å². The van der Waals surface area contributed by atoms with Gasteiger partial charge in [-0.1, -0.05) is 6.08 Å². The summed E-state index contributed by atoms with van der Waals surface area (Å²) >= 11 is 0. The van der Waals surface area contributed by atoms with Gasteiger partial charge in [0.15, 0.2) is 0 Å². The summed E-state index contributed by atoms with van der Waals surface area (Å²) in [6, 6.07) is 1.15. The Kier molecular flexibility index (Phi) is 2.90. The van der Waals surface area contributed by atoms with Gasteiger partial charge in [-0.25, -0.2) is 0 Å². The second-order valence-corrected chi connectivity index (χ2v) is 2.96. The Bertz CT molecular complexity index is 106. The van der Waals surface area contributed by atoms with Gasteiger partial charge in [-0.15, -0.1) is 6.58 Å². The lowest BCUT2D eigenvalue weighted by Crippen LogP contribution is -2.48. The molecule has 10 heavy (non-hydrogen) atoms. The topological polar surface area (TPSA) is 38.0 Å². The summed E-state index contributed by atoms with van der Waals surface area (Å²) in [4.78, 5) is 0.